The molecule has 142 valence electrons. The number of nitrogens with one attached hydrogen (secondary N) is 1. The fraction of sp³-hybridized carbons (Fsp3) is 0.471. The maximum Gasteiger partial charge on any atom is 0.328 e. The molecular weight excluding hydrogens is 360 g/mol. The summed E-state index contributed by atoms with van der Waals surface area (Å²) in [6.07, 6.45) is 2.41. The number of benzene rings is 1. The number of hydrogen-bond acceptors (Lipinski definition) is 8. The number of nitrogens with zero attached hydrogens (tertiary/aromatic N) is 1. The van der Waals surface area contributed by atoms with Crippen molar-refractivity contribution in [3.63, 3.8) is 0 Å². The summed E-state index contributed by atoms with van der Waals surface area (Å²) < 4.78 is 15.3. The number of ether oxygens (including phenoxy) is 3. The van der Waals surface area contributed by atoms with Crippen molar-refractivity contribution < 1.29 is 28.6 Å². The molecule has 9 heteroatoms. The molecule has 0 unspecified atom stereocenters. The monoisotopic (exact) mass is 382 g/mol. The Morgan fingerprint density at radius 1 is 1.35 bits per heavy atom. The van der Waals surface area contributed by atoms with Gasteiger partial charge >= 0.3 is 5.97 Å². The summed E-state index contributed by atoms with van der Waals surface area (Å²) in [6.45, 7) is 1.66. The topological polar surface area (TPSA) is 95.5 Å². The second kappa shape index (κ2) is 9.91. The summed E-state index contributed by atoms with van der Waals surface area (Å²) in [4.78, 5) is 28.7. The normalized spacial score (nSPS) is 13.9. The molecule has 1 atom stereocenters. The van der Waals surface area contributed by atoms with E-state index >= 15 is 0 Å². The zero-order chi connectivity index (χ0) is 18.9. The van der Waals surface area contributed by atoms with Gasteiger partial charge in [0.05, 0.1) is 12.8 Å². The van der Waals surface area contributed by atoms with Gasteiger partial charge in [0.15, 0.2) is 18.1 Å². The number of amides is 1. The largest absolute Gasteiger partial charge is 0.467 e. The molecule has 1 aliphatic heterocycles. The number of methoxy groups -OCH3 is 1. The van der Waals surface area contributed by atoms with E-state index in [0.717, 1.165) is 11.3 Å². The van der Waals surface area contributed by atoms with Crippen LogP contribution in [0.4, 0.5) is 0 Å². The Hall–Kier alpha value is -2.42. The van der Waals surface area contributed by atoms with E-state index in [0.29, 0.717) is 23.6 Å². The molecule has 1 heterocycles. The molecular formula is C17H22N2O6S. The molecule has 2 rings (SSSR count). The Bertz CT molecular complexity index is 679. The van der Waals surface area contributed by atoms with Crippen molar-refractivity contribution in [3.8, 4) is 11.5 Å². The third-order valence-corrected chi connectivity index (χ3v) is 4.26. The molecule has 1 amide bonds. The fourth-order valence-corrected chi connectivity index (χ4v) is 2.70. The van der Waals surface area contributed by atoms with Crippen LogP contribution in [0.3, 0.4) is 0 Å². The van der Waals surface area contributed by atoms with Crippen LogP contribution in [0.25, 0.3) is 0 Å². The lowest BCUT2D eigenvalue weighted by Gasteiger charge is -2.15. The summed E-state index contributed by atoms with van der Waals surface area (Å²) in [6, 6.07) is 4.71. The molecule has 0 saturated carbocycles. The van der Waals surface area contributed by atoms with E-state index in [1.54, 1.807) is 30.8 Å². The molecule has 8 nitrogen and oxygen atoms in total. The van der Waals surface area contributed by atoms with Crippen LogP contribution < -0.4 is 14.8 Å². The Balaban J connectivity index is 1.85. The summed E-state index contributed by atoms with van der Waals surface area (Å²) in [7, 11) is 1.29. The summed E-state index contributed by atoms with van der Waals surface area (Å²) in [5.41, 5.74) is 1.38. The summed E-state index contributed by atoms with van der Waals surface area (Å²) in [5, 5.41) is 6.53. The molecule has 0 aromatic heterocycles. The summed E-state index contributed by atoms with van der Waals surface area (Å²) in [5.74, 6) is 1.13. The van der Waals surface area contributed by atoms with Crippen LogP contribution in [0.15, 0.2) is 23.4 Å². The van der Waals surface area contributed by atoms with Crippen molar-refractivity contribution in [3.05, 3.63) is 23.8 Å². The molecule has 1 N–H and O–H groups in total. The van der Waals surface area contributed by atoms with Crippen LogP contribution in [0.1, 0.15) is 18.9 Å². The van der Waals surface area contributed by atoms with Gasteiger partial charge in [-0.2, -0.15) is 11.8 Å². The predicted octanol–water partition coefficient (Wildman–Crippen LogP) is 1.57. The number of thioether (sulfide) groups is 1. The highest BCUT2D eigenvalue weighted by atomic mass is 32.2. The van der Waals surface area contributed by atoms with Crippen molar-refractivity contribution in [1.29, 1.82) is 0 Å². The molecule has 0 fully saturated rings. The van der Waals surface area contributed by atoms with Crippen molar-refractivity contribution in [2.24, 2.45) is 5.16 Å². The predicted molar refractivity (Wildman–Crippen MR) is 97.7 cm³/mol. The Morgan fingerprint density at radius 2 is 2.12 bits per heavy atom. The molecule has 0 spiro atoms. The lowest BCUT2D eigenvalue weighted by molar-refractivity contribution is -0.145. The van der Waals surface area contributed by atoms with Gasteiger partial charge in [-0.25, -0.2) is 4.79 Å². The minimum Gasteiger partial charge on any atom is -0.467 e. The first-order chi connectivity index (χ1) is 12.5. The Morgan fingerprint density at radius 3 is 2.85 bits per heavy atom. The average Bonchev–Trinajstić information content (AvgIpc) is 3.12. The van der Waals surface area contributed by atoms with Crippen LogP contribution in [0.2, 0.25) is 0 Å². The van der Waals surface area contributed by atoms with Crippen molar-refractivity contribution in [1.82, 2.24) is 5.32 Å². The van der Waals surface area contributed by atoms with Crippen molar-refractivity contribution >= 4 is 29.4 Å². The van der Waals surface area contributed by atoms with Crippen LogP contribution in [-0.4, -0.2) is 56.1 Å². The molecule has 0 bridgehead atoms. The molecule has 26 heavy (non-hydrogen) atoms. The highest BCUT2D eigenvalue weighted by molar-refractivity contribution is 7.98. The van der Waals surface area contributed by atoms with Gasteiger partial charge in [0, 0.05) is 5.56 Å². The molecule has 1 aliphatic rings. The highest BCUT2D eigenvalue weighted by Gasteiger charge is 2.21. The standard InChI is InChI=1S/C17H22N2O6S/c1-11(12-4-5-14-15(8-12)24-10-23-14)19-25-9-16(20)18-13(6-7-26-3)17(21)22-2/h4-5,8,13H,6-7,9-10H2,1-3H3,(H,18,20)/b19-11-/t13-/m1/s1. The molecule has 0 radical (unpaired) electrons. The highest BCUT2D eigenvalue weighted by Crippen LogP contribution is 2.32. The number of oxime groups is 1. The van der Waals surface area contributed by atoms with Crippen molar-refractivity contribution in [2.75, 3.05) is 32.5 Å². The van der Waals surface area contributed by atoms with Crippen molar-refractivity contribution in [2.45, 2.75) is 19.4 Å². The van der Waals surface area contributed by atoms with Crippen LogP contribution in [0.5, 0.6) is 11.5 Å². The number of hydrogen-bond donors (Lipinski definition) is 1. The van der Waals surface area contributed by atoms with Crippen LogP contribution >= 0.6 is 11.8 Å². The number of carbonyl (C=O) groups is 2. The van der Waals surface area contributed by atoms with Gasteiger partial charge in [-0.3, -0.25) is 4.79 Å². The smallest absolute Gasteiger partial charge is 0.328 e. The van der Waals surface area contributed by atoms with Gasteiger partial charge in [-0.1, -0.05) is 5.16 Å². The molecule has 1 aromatic rings. The van der Waals surface area contributed by atoms with Gasteiger partial charge in [0.1, 0.15) is 6.04 Å². The lowest BCUT2D eigenvalue weighted by atomic mass is 10.1. The van der Waals surface area contributed by atoms with Gasteiger partial charge < -0.3 is 24.4 Å². The molecule has 0 saturated heterocycles. The summed E-state index contributed by atoms with van der Waals surface area (Å²) >= 11 is 1.58. The zero-order valence-corrected chi connectivity index (χ0v) is 15.8. The van der Waals surface area contributed by atoms with E-state index in [9.17, 15) is 9.59 Å². The average molecular weight is 382 g/mol. The second-order valence-electron chi connectivity index (χ2n) is 5.44. The molecule has 0 aliphatic carbocycles. The second-order valence-corrected chi connectivity index (χ2v) is 6.43. The number of fused-ring (bicyclic) bond motifs is 1. The quantitative estimate of drug-likeness (QED) is 0.393. The van der Waals surface area contributed by atoms with Gasteiger partial charge in [-0.05, 0) is 43.6 Å². The van der Waals surface area contributed by atoms with E-state index in [-0.39, 0.29) is 13.4 Å². The SMILES string of the molecule is COC(=O)[C@@H](CCSC)NC(=O)CO/N=C(/C)c1ccc2c(c1)OCO2. The Kier molecular flexibility index (Phi) is 7.58. The van der Waals surface area contributed by atoms with Gasteiger partial charge in [0.2, 0.25) is 6.79 Å². The number of esters is 1. The van der Waals surface area contributed by atoms with E-state index in [4.69, 9.17) is 19.0 Å². The van der Waals surface area contributed by atoms with Gasteiger partial charge in [-0.15, -0.1) is 0 Å². The first kappa shape index (κ1) is 19.9. The van der Waals surface area contributed by atoms with Gasteiger partial charge in [0.25, 0.3) is 5.91 Å². The lowest BCUT2D eigenvalue weighted by Crippen LogP contribution is -2.43. The molecule has 1 aromatic carbocycles. The number of rotatable bonds is 9. The van der Waals surface area contributed by atoms with E-state index < -0.39 is 17.9 Å². The Labute approximate surface area is 156 Å². The van der Waals surface area contributed by atoms with E-state index in [1.807, 2.05) is 12.3 Å². The van der Waals surface area contributed by atoms with E-state index in [2.05, 4.69) is 10.5 Å². The minimum atomic E-state index is -0.692. The number of carbonyl (C=O) groups excluding carboxylic acids is 2. The third-order valence-electron chi connectivity index (χ3n) is 3.62. The van der Waals surface area contributed by atoms with Crippen LogP contribution in [0, 0.1) is 0 Å². The third kappa shape index (κ3) is 5.55. The minimum absolute atomic E-state index is 0.198. The maximum absolute atomic E-state index is 12.0. The maximum atomic E-state index is 12.0. The zero-order valence-electron chi connectivity index (χ0n) is 14.9. The first-order valence-corrected chi connectivity index (χ1v) is 9.37. The first-order valence-electron chi connectivity index (χ1n) is 7.98. The van der Waals surface area contributed by atoms with E-state index in [1.165, 1.54) is 7.11 Å². The fourth-order valence-electron chi connectivity index (χ4n) is 2.22. The van der Waals surface area contributed by atoms with Crippen LogP contribution in [-0.2, 0) is 19.2 Å².